The van der Waals surface area contributed by atoms with Gasteiger partial charge in [0, 0.05) is 25.2 Å². The van der Waals surface area contributed by atoms with Crippen molar-refractivity contribution in [1.29, 1.82) is 0 Å². The number of amides is 1. The molecule has 1 atom stereocenters. The fraction of sp³-hybridized carbons (Fsp3) is 0.667. The average molecular weight is 291 g/mol. The monoisotopic (exact) mass is 291 g/mol. The van der Waals surface area contributed by atoms with Crippen molar-refractivity contribution in [1.82, 2.24) is 15.3 Å². The van der Waals surface area contributed by atoms with Crippen LogP contribution in [-0.4, -0.2) is 41.6 Å². The lowest BCUT2D eigenvalue weighted by atomic mass is 10.0. The summed E-state index contributed by atoms with van der Waals surface area (Å²) in [6, 6.07) is -0.204. The molecule has 0 radical (unpaired) electrons. The normalized spacial score (nSPS) is 18.8. The highest BCUT2D eigenvalue weighted by Crippen LogP contribution is 2.32. The van der Waals surface area contributed by atoms with E-state index in [0.717, 1.165) is 36.7 Å². The third-order valence-electron chi connectivity index (χ3n) is 3.75. The summed E-state index contributed by atoms with van der Waals surface area (Å²) in [5, 5.41) is 6.26. The van der Waals surface area contributed by atoms with Crippen LogP contribution in [0.5, 0.6) is 0 Å². The molecule has 2 heterocycles. The molecule has 0 saturated carbocycles. The van der Waals surface area contributed by atoms with Crippen LogP contribution < -0.4 is 15.5 Å². The fourth-order valence-corrected chi connectivity index (χ4v) is 2.60. The van der Waals surface area contributed by atoms with Gasteiger partial charge in [-0.1, -0.05) is 20.8 Å². The van der Waals surface area contributed by atoms with Gasteiger partial charge in [0.1, 0.15) is 24.0 Å². The van der Waals surface area contributed by atoms with Gasteiger partial charge < -0.3 is 15.5 Å². The number of aromatic nitrogens is 2. The van der Waals surface area contributed by atoms with E-state index in [-0.39, 0.29) is 17.9 Å². The zero-order valence-electron chi connectivity index (χ0n) is 13.3. The van der Waals surface area contributed by atoms with Gasteiger partial charge in [0.05, 0.1) is 0 Å². The van der Waals surface area contributed by atoms with E-state index in [2.05, 4.69) is 46.3 Å². The number of nitrogens with zero attached hydrogens (tertiary/aromatic N) is 3. The van der Waals surface area contributed by atoms with Crippen LogP contribution in [0.1, 0.15) is 45.6 Å². The highest BCUT2D eigenvalue weighted by atomic mass is 16.2. The van der Waals surface area contributed by atoms with E-state index in [1.807, 2.05) is 6.92 Å². The molecule has 1 fully saturated rings. The first-order chi connectivity index (χ1) is 10.1. The molecule has 21 heavy (non-hydrogen) atoms. The molecule has 1 aliphatic rings. The van der Waals surface area contributed by atoms with Crippen molar-refractivity contribution in [3.05, 3.63) is 11.9 Å². The zero-order chi connectivity index (χ0) is 15.4. The average Bonchev–Trinajstić information content (AvgIpc) is 2.47. The van der Waals surface area contributed by atoms with Crippen molar-refractivity contribution >= 4 is 17.5 Å². The maximum absolute atomic E-state index is 11.9. The Morgan fingerprint density at radius 3 is 2.90 bits per heavy atom. The second-order valence-electron chi connectivity index (χ2n) is 5.70. The SMILES string of the molecule is CCCNc1ncnc(N2CCNC(=O)C2C)c1C(C)C. The first-order valence-corrected chi connectivity index (χ1v) is 7.69. The van der Waals surface area contributed by atoms with Crippen molar-refractivity contribution < 1.29 is 4.79 Å². The summed E-state index contributed by atoms with van der Waals surface area (Å²) in [5.41, 5.74) is 1.09. The first-order valence-electron chi connectivity index (χ1n) is 7.69. The largest absolute Gasteiger partial charge is 0.370 e. The summed E-state index contributed by atoms with van der Waals surface area (Å²) >= 11 is 0. The number of rotatable bonds is 5. The summed E-state index contributed by atoms with van der Waals surface area (Å²) in [6.07, 6.45) is 2.62. The van der Waals surface area contributed by atoms with E-state index in [1.54, 1.807) is 6.33 Å². The Morgan fingerprint density at radius 1 is 1.48 bits per heavy atom. The lowest BCUT2D eigenvalue weighted by molar-refractivity contribution is -0.122. The van der Waals surface area contributed by atoms with Gasteiger partial charge in [0.15, 0.2) is 0 Å². The molecule has 1 amide bonds. The maximum atomic E-state index is 11.9. The van der Waals surface area contributed by atoms with Crippen molar-refractivity contribution in [2.24, 2.45) is 0 Å². The van der Waals surface area contributed by atoms with E-state index in [1.165, 1.54) is 0 Å². The molecule has 6 nitrogen and oxygen atoms in total. The Bertz CT molecular complexity index is 503. The predicted octanol–water partition coefficient (Wildman–Crippen LogP) is 1.75. The molecule has 2 N–H and O–H groups in total. The van der Waals surface area contributed by atoms with Crippen LogP contribution >= 0.6 is 0 Å². The second-order valence-corrected chi connectivity index (χ2v) is 5.70. The summed E-state index contributed by atoms with van der Waals surface area (Å²) in [7, 11) is 0. The van der Waals surface area contributed by atoms with Gasteiger partial charge in [0.25, 0.3) is 0 Å². The van der Waals surface area contributed by atoms with E-state index in [4.69, 9.17) is 0 Å². The van der Waals surface area contributed by atoms with E-state index in [9.17, 15) is 4.79 Å². The van der Waals surface area contributed by atoms with Crippen molar-refractivity contribution in [2.75, 3.05) is 29.9 Å². The number of nitrogens with one attached hydrogen (secondary N) is 2. The van der Waals surface area contributed by atoms with Crippen LogP contribution in [0.2, 0.25) is 0 Å². The lowest BCUT2D eigenvalue weighted by Gasteiger charge is -2.35. The predicted molar refractivity (Wildman–Crippen MR) is 84.7 cm³/mol. The number of carbonyl (C=O) groups excluding carboxylic acids is 1. The molecule has 0 bridgehead atoms. The van der Waals surface area contributed by atoms with Gasteiger partial charge in [-0.3, -0.25) is 4.79 Å². The molecule has 1 aromatic rings. The topological polar surface area (TPSA) is 70.2 Å². The molecule has 1 unspecified atom stereocenters. The Labute approximate surface area is 126 Å². The lowest BCUT2D eigenvalue weighted by Crippen LogP contribution is -2.54. The Kier molecular flexibility index (Phi) is 4.98. The number of anilines is 2. The van der Waals surface area contributed by atoms with Gasteiger partial charge in [0.2, 0.25) is 5.91 Å². The minimum atomic E-state index is -0.204. The molecule has 1 aliphatic heterocycles. The third-order valence-corrected chi connectivity index (χ3v) is 3.75. The van der Waals surface area contributed by atoms with Crippen LogP contribution in [0.15, 0.2) is 6.33 Å². The Morgan fingerprint density at radius 2 is 2.24 bits per heavy atom. The fourth-order valence-electron chi connectivity index (χ4n) is 2.60. The molecular weight excluding hydrogens is 266 g/mol. The number of hydrogen-bond acceptors (Lipinski definition) is 5. The second kappa shape index (κ2) is 6.74. The minimum Gasteiger partial charge on any atom is -0.370 e. The first kappa shape index (κ1) is 15.5. The molecule has 1 aromatic heterocycles. The van der Waals surface area contributed by atoms with Gasteiger partial charge in [-0.05, 0) is 19.3 Å². The third kappa shape index (κ3) is 3.25. The molecular formula is C15H25N5O. The molecule has 116 valence electrons. The van der Waals surface area contributed by atoms with Gasteiger partial charge in [-0.15, -0.1) is 0 Å². The van der Waals surface area contributed by atoms with Crippen LogP contribution in [0.25, 0.3) is 0 Å². The van der Waals surface area contributed by atoms with E-state index in [0.29, 0.717) is 6.54 Å². The molecule has 1 saturated heterocycles. The summed E-state index contributed by atoms with van der Waals surface area (Å²) in [4.78, 5) is 22.8. The van der Waals surface area contributed by atoms with Crippen LogP contribution in [0.3, 0.4) is 0 Å². The maximum Gasteiger partial charge on any atom is 0.242 e. The van der Waals surface area contributed by atoms with Gasteiger partial charge >= 0.3 is 0 Å². The quantitative estimate of drug-likeness (QED) is 0.865. The van der Waals surface area contributed by atoms with Crippen LogP contribution in [-0.2, 0) is 4.79 Å². The van der Waals surface area contributed by atoms with E-state index < -0.39 is 0 Å². The molecule has 0 aliphatic carbocycles. The number of carbonyl (C=O) groups is 1. The molecule has 0 spiro atoms. The zero-order valence-corrected chi connectivity index (χ0v) is 13.3. The number of hydrogen-bond donors (Lipinski definition) is 2. The highest BCUT2D eigenvalue weighted by Gasteiger charge is 2.29. The summed E-state index contributed by atoms with van der Waals surface area (Å²) in [5.74, 6) is 2.10. The molecule has 0 aromatic carbocycles. The Balaban J connectivity index is 2.40. The smallest absolute Gasteiger partial charge is 0.242 e. The van der Waals surface area contributed by atoms with Gasteiger partial charge in [-0.25, -0.2) is 9.97 Å². The molecule has 6 heteroatoms. The van der Waals surface area contributed by atoms with Crippen LogP contribution in [0, 0.1) is 0 Å². The van der Waals surface area contributed by atoms with Gasteiger partial charge in [-0.2, -0.15) is 0 Å². The van der Waals surface area contributed by atoms with Crippen molar-refractivity contribution in [3.8, 4) is 0 Å². The Hall–Kier alpha value is -1.85. The standard InChI is InChI=1S/C15H25N5O/c1-5-6-16-13-12(10(2)3)14(19-9-18-13)20-8-7-17-15(21)11(20)4/h9-11H,5-8H2,1-4H3,(H,17,21)(H,16,18,19). The van der Waals surface area contributed by atoms with E-state index >= 15 is 0 Å². The van der Waals surface area contributed by atoms with Crippen molar-refractivity contribution in [2.45, 2.75) is 46.1 Å². The molecule has 2 rings (SSSR count). The highest BCUT2D eigenvalue weighted by molar-refractivity contribution is 5.86. The summed E-state index contributed by atoms with van der Waals surface area (Å²) < 4.78 is 0. The van der Waals surface area contributed by atoms with Crippen molar-refractivity contribution in [3.63, 3.8) is 0 Å². The van der Waals surface area contributed by atoms with Crippen LogP contribution in [0.4, 0.5) is 11.6 Å². The number of piperazine rings is 1. The minimum absolute atomic E-state index is 0.0534. The summed E-state index contributed by atoms with van der Waals surface area (Å²) in [6.45, 7) is 10.6.